The topological polar surface area (TPSA) is 12.0 Å². The van der Waals surface area contributed by atoms with E-state index in [9.17, 15) is 4.39 Å². The smallest absolute Gasteiger partial charge is 0.128 e. The fourth-order valence-electron chi connectivity index (χ4n) is 2.31. The maximum Gasteiger partial charge on any atom is 0.128 e. The number of rotatable bonds is 5. The van der Waals surface area contributed by atoms with E-state index in [1.165, 1.54) is 6.07 Å². The molecule has 0 spiro atoms. The van der Waals surface area contributed by atoms with Gasteiger partial charge in [-0.15, -0.1) is 0 Å². The molecular weight excluding hydrogens is 317 g/mol. The van der Waals surface area contributed by atoms with Crippen LogP contribution in [0.15, 0.2) is 46.9 Å². The van der Waals surface area contributed by atoms with Gasteiger partial charge in [0.1, 0.15) is 5.82 Å². The summed E-state index contributed by atoms with van der Waals surface area (Å²) in [5.74, 6) is -0.166. The van der Waals surface area contributed by atoms with E-state index < -0.39 is 0 Å². The van der Waals surface area contributed by atoms with Crippen molar-refractivity contribution in [3.63, 3.8) is 0 Å². The van der Waals surface area contributed by atoms with Crippen LogP contribution < -0.4 is 5.32 Å². The van der Waals surface area contributed by atoms with Gasteiger partial charge in [-0.1, -0.05) is 47.1 Å². The van der Waals surface area contributed by atoms with Gasteiger partial charge in [-0.25, -0.2) is 4.39 Å². The molecule has 0 aromatic heterocycles. The van der Waals surface area contributed by atoms with Gasteiger partial charge in [0.05, 0.1) is 6.04 Å². The van der Waals surface area contributed by atoms with Gasteiger partial charge in [0.25, 0.3) is 0 Å². The zero-order chi connectivity index (χ0) is 14.5. The second-order valence-corrected chi connectivity index (χ2v) is 5.83. The van der Waals surface area contributed by atoms with Crippen LogP contribution in [-0.4, -0.2) is 6.54 Å². The fourth-order valence-corrected chi connectivity index (χ4v) is 2.69. The minimum Gasteiger partial charge on any atom is -0.306 e. The summed E-state index contributed by atoms with van der Waals surface area (Å²) in [5, 5.41) is 3.45. The molecule has 0 bridgehead atoms. The first kappa shape index (κ1) is 15.2. The number of hydrogen-bond acceptors (Lipinski definition) is 1. The lowest BCUT2D eigenvalue weighted by Crippen LogP contribution is -2.24. The predicted molar refractivity (Wildman–Crippen MR) is 85.4 cm³/mol. The molecule has 0 radical (unpaired) electrons. The molecule has 2 aromatic rings. The Morgan fingerprint density at radius 1 is 1.15 bits per heavy atom. The fraction of sp³-hybridized carbons (Fsp3) is 0.294. The van der Waals surface area contributed by atoms with Gasteiger partial charge >= 0.3 is 0 Å². The highest BCUT2D eigenvalue weighted by atomic mass is 79.9. The molecule has 2 aromatic carbocycles. The molecule has 1 nitrogen and oxygen atoms in total. The largest absolute Gasteiger partial charge is 0.306 e. The number of nitrogens with one attached hydrogen (secondary N) is 1. The summed E-state index contributed by atoms with van der Waals surface area (Å²) >= 11 is 3.50. The van der Waals surface area contributed by atoms with E-state index in [0.717, 1.165) is 28.6 Å². The average Bonchev–Trinajstić information content (AvgIpc) is 2.44. The molecule has 0 saturated heterocycles. The highest BCUT2D eigenvalue weighted by Gasteiger charge is 2.18. The van der Waals surface area contributed by atoms with Crippen molar-refractivity contribution in [2.24, 2.45) is 0 Å². The molecule has 0 aliphatic carbocycles. The lowest BCUT2D eigenvalue weighted by Gasteiger charge is -2.22. The van der Waals surface area contributed by atoms with Crippen molar-refractivity contribution in [3.8, 4) is 0 Å². The van der Waals surface area contributed by atoms with Crippen molar-refractivity contribution in [1.29, 1.82) is 0 Å². The molecule has 20 heavy (non-hydrogen) atoms. The Bertz CT molecular complexity index is 583. The Labute approximate surface area is 128 Å². The summed E-state index contributed by atoms with van der Waals surface area (Å²) in [5.41, 5.74) is 2.96. The van der Waals surface area contributed by atoms with Crippen molar-refractivity contribution >= 4 is 15.9 Å². The first-order chi connectivity index (χ1) is 9.63. The van der Waals surface area contributed by atoms with Gasteiger partial charge in [0.15, 0.2) is 0 Å². The molecule has 0 saturated carbocycles. The van der Waals surface area contributed by atoms with Crippen molar-refractivity contribution in [3.05, 3.63) is 69.4 Å². The van der Waals surface area contributed by atoms with E-state index >= 15 is 0 Å². The van der Waals surface area contributed by atoms with Crippen molar-refractivity contribution < 1.29 is 4.39 Å². The molecule has 0 amide bonds. The van der Waals surface area contributed by atoms with E-state index in [1.807, 2.05) is 18.2 Å². The number of halogens is 2. The third-order valence-electron chi connectivity index (χ3n) is 3.37. The highest BCUT2D eigenvalue weighted by molar-refractivity contribution is 9.10. The van der Waals surface area contributed by atoms with Crippen molar-refractivity contribution in [1.82, 2.24) is 5.32 Å². The lowest BCUT2D eigenvalue weighted by atomic mass is 9.94. The summed E-state index contributed by atoms with van der Waals surface area (Å²) in [7, 11) is 0. The molecule has 2 rings (SSSR count). The molecule has 1 N–H and O–H groups in total. The molecule has 1 atom stereocenters. The van der Waals surface area contributed by atoms with Crippen LogP contribution in [-0.2, 0) is 0 Å². The molecular formula is C17H19BrFN. The van der Waals surface area contributed by atoms with Crippen molar-refractivity contribution in [2.45, 2.75) is 26.3 Å². The summed E-state index contributed by atoms with van der Waals surface area (Å²) in [6.45, 7) is 5.02. The Morgan fingerprint density at radius 3 is 2.60 bits per heavy atom. The number of aryl methyl sites for hydroxylation is 1. The predicted octanol–water partition coefficient (Wildman–Crippen LogP) is 4.99. The van der Waals surface area contributed by atoms with E-state index in [1.54, 1.807) is 6.07 Å². The molecule has 0 heterocycles. The highest BCUT2D eigenvalue weighted by Crippen LogP contribution is 2.29. The van der Waals surface area contributed by atoms with E-state index in [-0.39, 0.29) is 11.9 Å². The molecule has 0 aliphatic heterocycles. The maximum absolute atomic E-state index is 14.1. The zero-order valence-corrected chi connectivity index (χ0v) is 13.4. The standard InChI is InChI=1S/C17H19BrFN/c1-3-10-20-17(14-6-4-5-7-16(14)19)15-11-13(18)9-8-12(15)2/h4-9,11,17,20H,3,10H2,1-2H3. The van der Waals surface area contributed by atoms with Crippen LogP contribution in [0.4, 0.5) is 4.39 Å². The second kappa shape index (κ2) is 7.00. The van der Waals surface area contributed by atoms with Gasteiger partial charge in [-0.2, -0.15) is 0 Å². The quantitative estimate of drug-likeness (QED) is 0.811. The summed E-state index contributed by atoms with van der Waals surface area (Å²) in [6, 6.07) is 13.0. The van der Waals surface area contributed by atoms with Crippen LogP contribution in [0, 0.1) is 12.7 Å². The SMILES string of the molecule is CCCNC(c1cc(Br)ccc1C)c1ccccc1F. The van der Waals surface area contributed by atoms with E-state index in [4.69, 9.17) is 0 Å². The summed E-state index contributed by atoms with van der Waals surface area (Å²) in [4.78, 5) is 0. The van der Waals surface area contributed by atoms with E-state index in [2.05, 4.69) is 47.2 Å². The molecule has 3 heteroatoms. The minimum absolute atomic E-state index is 0.117. The maximum atomic E-state index is 14.1. The third kappa shape index (κ3) is 3.47. The summed E-state index contributed by atoms with van der Waals surface area (Å²) in [6.07, 6.45) is 1.01. The Balaban J connectivity index is 2.47. The van der Waals surface area contributed by atoms with Crippen LogP contribution in [0.25, 0.3) is 0 Å². The third-order valence-corrected chi connectivity index (χ3v) is 3.86. The first-order valence-electron chi connectivity index (χ1n) is 6.87. The van der Waals surface area contributed by atoms with E-state index in [0.29, 0.717) is 5.56 Å². The summed E-state index contributed by atoms with van der Waals surface area (Å²) < 4.78 is 15.1. The van der Waals surface area contributed by atoms with Gasteiger partial charge in [-0.05, 0) is 49.2 Å². The molecule has 1 unspecified atom stereocenters. The molecule has 0 aliphatic rings. The van der Waals surface area contributed by atoms with Gasteiger partial charge in [0, 0.05) is 10.0 Å². The Kier molecular flexibility index (Phi) is 5.32. The zero-order valence-electron chi connectivity index (χ0n) is 11.8. The normalized spacial score (nSPS) is 12.4. The minimum atomic E-state index is -0.166. The van der Waals surface area contributed by atoms with Gasteiger partial charge in [-0.3, -0.25) is 0 Å². The van der Waals surface area contributed by atoms with Gasteiger partial charge in [0.2, 0.25) is 0 Å². The number of benzene rings is 2. The van der Waals surface area contributed by atoms with Crippen LogP contribution in [0.5, 0.6) is 0 Å². The van der Waals surface area contributed by atoms with Crippen LogP contribution >= 0.6 is 15.9 Å². The molecule has 106 valence electrons. The first-order valence-corrected chi connectivity index (χ1v) is 7.66. The van der Waals surface area contributed by atoms with Crippen LogP contribution in [0.2, 0.25) is 0 Å². The van der Waals surface area contributed by atoms with Crippen LogP contribution in [0.3, 0.4) is 0 Å². The lowest BCUT2D eigenvalue weighted by molar-refractivity contribution is 0.545. The van der Waals surface area contributed by atoms with Gasteiger partial charge < -0.3 is 5.32 Å². The molecule has 0 fully saturated rings. The van der Waals surface area contributed by atoms with Crippen molar-refractivity contribution in [2.75, 3.05) is 6.54 Å². The monoisotopic (exact) mass is 335 g/mol. The average molecular weight is 336 g/mol. The van der Waals surface area contributed by atoms with Crippen LogP contribution in [0.1, 0.15) is 36.1 Å². The Morgan fingerprint density at radius 2 is 1.90 bits per heavy atom. The second-order valence-electron chi connectivity index (χ2n) is 4.91. The number of hydrogen-bond donors (Lipinski definition) is 1. The Hall–Kier alpha value is -1.19.